The monoisotopic (exact) mass is 386 g/mol. The van der Waals surface area contributed by atoms with Gasteiger partial charge in [-0.15, -0.1) is 0 Å². The average molecular weight is 387 g/mol. The van der Waals surface area contributed by atoms with Crippen LogP contribution >= 0.6 is 35.4 Å². The van der Waals surface area contributed by atoms with Gasteiger partial charge in [0, 0.05) is 5.56 Å². The molecule has 0 saturated heterocycles. The van der Waals surface area contributed by atoms with E-state index < -0.39 is 17.7 Å². The number of carboxylic acids is 1. The summed E-state index contributed by atoms with van der Waals surface area (Å²) in [6.07, 6.45) is 0. The summed E-state index contributed by atoms with van der Waals surface area (Å²) in [6.45, 7) is 0. The molecule has 0 heterocycles. The van der Waals surface area contributed by atoms with E-state index in [1.54, 1.807) is 0 Å². The highest BCUT2D eigenvalue weighted by atomic mass is 35.5. The van der Waals surface area contributed by atoms with Crippen LogP contribution in [0, 0.1) is 5.82 Å². The summed E-state index contributed by atoms with van der Waals surface area (Å²) in [5.41, 5.74) is 0.202. The van der Waals surface area contributed by atoms with Gasteiger partial charge in [0.1, 0.15) is 5.82 Å². The van der Waals surface area contributed by atoms with Gasteiger partial charge in [-0.25, -0.2) is 9.18 Å². The Labute approximate surface area is 151 Å². The Morgan fingerprint density at radius 2 is 1.71 bits per heavy atom. The van der Waals surface area contributed by atoms with Crippen molar-refractivity contribution in [2.75, 3.05) is 5.32 Å². The van der Waals surface area contributed by atoms with E-state index in [1.165, 1.54) is 24.3 Å². The minimum absolute atomic E-state index is 0.0284. The van der Waals surface area contributed by atoms with E-state index in [2.05, 4.69) is 10.6 Å². The number of aromatic carboxylic acids is 1. The van der Waals surface area contributed by atoms with Crippen LogP contribution in [0.1, 0.15) is 20.7 Å². The third kappa shape index (κ3) is 4.41. The number of hydrogen-bond acceptors (Lipinski definition) is 3. The molecule has 2 aromatic carbocycles. The lowest BCUT2D eigenvalue weighted by Crippen LogP contribution is -2.34. The summed E-state index contributed by atoms with van der Waals surface area (Å²) in [5, 5.41) is 14.0. The molecule has 2 rings (SSSR count). The van der Waals surface area contributed by atoms with Gasteiger partial charge in [0.2, 0.25) is 0 Å². The van der Waals surface area contributed by atoms with Crippen molar-refractivity contribution in [1.29, 1.82) is 0 Å². The van der Waals surface area contributed by atoms with Gasteiger partial charge in [0.05, 0.1) is 21.3 Å². The lowest BCUT2D eigenvalue weighted by molar-refractivity contribution is 0.0697. The van der Waals surface area contributed by atoms with Gasteiger partial charge in [-0.1, -0.05) is 23.2 Å². The Kier molecular flexibility index (Phi) is 5.71. The number of benzene rings is 2. The summed E-state index contributed by atoms with van der Waals surface area (Å²) in [7, 11) is 0. The summed E-state index contributed by atoms with van der Waals surface area (Å²) >= 11 is 16.7. The molecule has 0 unspecified atom stereocenters. The van der Waals surface area contributed by atoms with Crippen LogP contribution in [0.5, 0.6) is 0 Å². The highest BCUT2D eigenvalue weighted by molar-refractivity contribution is 7.80. The van der Waals surface area contributed by atoms with Crippen molar-refractivity contribution < 1.29 is 19.1 Å². The number of thiocarbonyl (C=S) groups is 1. The molecule has 0 spiro atoms. The van der Waals surface area contributed by atoms with Crippen molar-refractivity contribution in [3.8, 4) is 0 Å². The molecule has 0 atom stereocenters. The lowest BCUT2D eigenvalue weighted by Gasteiger charge is -2.12. The van der Waals surface area contributed by atoms with E-state index in [0.717, 1.165) is 12.1 Å². The Morgan fingerprint density at radius 3 is 2.29 bits per heavy atom. The molecule has 5 nitrogen and oxygen atoms in total. The van der Waals surface area contributed by atoms with Gasteiger partial charge >= 0.3 is 5.97 Å². The van der Waals surface area contributed by atoms with Gasteiger partial charge in [-0.2, -0.15) is 0 Å². The molecule has 0 aliphatic heterocycles. The second-order valence-corrected chi connectivity index (χ2v) is 5.75. The number of anilines is 1. The van der Waals surface area contributed by atoms with Crippen molar-refractivity contribution in [3.63, 3.8) is 0 Å². The molecule has 3 N–H and O–H groups in total. The smallest absolute Gasteiger partial charge is 0.337 e. The molecule has 0 saturated carbocycles. The second-order valence-electron chi connectivity index (χ2n) is 4.53. The predicted octanol–water partition coefficient (Wildman–Crippen LogP) is 3.96. The maximum Gasteiger partial charge on any atom is 0.337 e. The quantitative estimate of drug-likeness (QED) is 0.695. The lowest BCUT2D eigenvalue weighted by atomic mass is 10.2. The zero-order valence-electron chi connectivity index (χ0n) is 11.8. The zero-order chi connectivity index (χ0) is 17.9. The first-order chi connectivity index (χ1) is 11.3. The minimum atomic E-state index is -1.24. The highest BCUT2D eigenvalue weighted by Gasteiger charge is 2.15. The van der Waals surface area contributed by atoms with Crippen LogP contribution in [0.15, 0.2) is 36.4 Å². The van der Waals surface area contributed by atoms with Gasteiger partial charge in [0.15, 0.2) is 5.11 Å². The summed E-state index contributed by atoms with van der Waals surface area (Å²) < 4.78 is 12.8. The van der Waals surface area contributed by atoms with E-state index in [4.69, 9.17) is 40.5 Å². The molecule has 2 aromatic rings. The number of nitrogens with one attached hydrogen (secondary N) is 2. The Balaban J connectivity index is 2.12. The molecular formula is C15H9Cl2FN2O3S. The third-order valence-corrected chi connectivity index (χ3v) is 3.70. The molecule has 24 heavy (non-hydrogen) atoms. The maximum absolute atomic E-state index is 12.8. The molecule has 0 radical (unpaired) electrons. The first-order valence-corrected chi connectivity index (χ1v) is 7.54. The van der Waals surface area contributed by atoms with Gasteiger partial charge < -0.3 is 10.4 Å². The topological polar surface area (TPSA) is 78.4 Å². The molecule has 9 heteroatoms. The first kappa shape index (κ1) is 18.1. The normalized spacial score (nSPS) is 10.1. The fourth-order valence-corrected chi connectivity index (χ4v) is 2.45. The molecule has 0 aromatic heterocycles. The highest BCUT2D eigenvalue weighted by Crippen LogP contribution is 2.29. The number of hydrogen-bond donors (Lipinski definition) is 3. The van der Waals surface area contributed by atoms with Gasteiger partial charge in [-0.3, -0.25) is 10.1 Å². The van der Waals surface area contributed by atoms with Crippen molar-refractivity contribution in [2.24, 2.45) is 0 Å². The Morgan fingerprint density at radius 1 is 1.08 bits per heavy atom. The average Bonchev–Trinajstić information content (AvgIpc) is 2.50. The van der Waals surface area contributed by atoms with Gasteiger partial charge in [0.25, 0.3) is 5.91 Å². The second kappa shape index (κ2) is 7.57. The van der Waals surface area contributed by atoms with Crippen molar-refractivity contribution >= 4 is 58.1 Å². The van der Waals surface area contributed by atoms with Crippen LogP contribution in [0.25, 0.3) is 0 Å². The number of halogens is 3. The molecule has 1 amide bonds. The van der Waals surface area contributed by atoms with Crippen LogP contribution in [0.2, 0.25) is 10.0 Å². The largest absolute Gasteiger partial charge is 0.478 e. The predicted molar refractivity (Wildman–Crippen MR) is 93.5 cm³/mol. The molecular weight excluding hydrogens is 378 g/mol. The number of carbonyl (C=O) groups excluding carboxylic acids is 1. The Hall–Kier alpha value is -2.22. The van der Waals surface area contributed by atoms with Crippen LogP contribution in [0.3, 0.4) is 0 Å². The van der Waals surface area contributed by atoms with Crippen molar-refractivity contribution in [2.45, 2.75) is 0 Å². The van der Waals surface area contributed by atoms with E-state index in [1.807, 2.05) is 0 Å². The SMILES string of the molecule is O=C(NC(=S)Nc1cc(C(=O)O)c(Cl)cc1Cl)c1ccc(F)cc1. The van der Waals surface area contributed by atoms with Crippen LogP contribution < -0.4 is 10.6 Å². The number of rotatable bonds is 3. The number of amides is 1. The van der Waals surface area contributed by atoms with E-state index >= 15 is 0 Å². The summed E-state index contributed by atoms with van der Waals surface area (Å²) in [5.74, 6) is -2.27. The first-order valence-electron chi connectivity index (χ1n) is 6.38. The zero-order valence-corrected chi connectivity index (χ0v) is 14.1. The third-order valence-electron chi connectivity index (χ3n) is 2.87. The van der Waals surface area contributed by atoms with Crippen LogP contribution in [-0.2, 0) is 0 Å². The van der Waals surface area contributed by atoms with E-state index in [0.29, 0.717) is 0 Å². The molecule has 124 valence electrons. The fourth-order valence-electron chi connectivity index (χ4n) is 1.74. The molecule has 0 aliphatic carbocycles. The van der Waals surface area contributed by atoms with Crippen LogP contribution in [-0.4, -0.2) is 22.1 Å². The standard InChI is InChI=1S/C15H9Cl2FN2O3S/c16-10-6-11(17)12(5-9(10)14(22)23)19-15(24)20-13(21)7-1-3-8(18)4-2-7/h1-6H,(H,22,23)(H2,19,20,21,24). The minimum Gasteiger partial charge on any atom is -0.478 e. The van der Waals surface area contributed by atoms with Crippen molar-refractivity contribution in [1.82, 2.24) is 5.32 Å². The van der Waals surface area contributed by atoms with Gasteiger partial charge in [-0.05, 0) is 48.6 Å². The van der Waals surface area contributed by atoms with Crippen molar-refractivity contribution in [3.05, 3.63) is 63.4 Å². The van der Waals surface area contributed by atoms with E-state index in [9.17, 15) is 14.0 Å². The maximum atomic E-state index is 12.8. The summed E-state index contributed by atoms with van der Waals surface area (Å²) in [6, 6.07) is 7.32. The number of carboxylic acid groups (broad SMARTS) is 1. The number of carbonyl (C=O) groups is 2. The molecule has 0 fully saturated rings. The van der Waals surface area contributed by atoms with Crippen LogP contribution in [0.4, 0.5) is 10.1 Å². The van der Waals surface area contributed by atoms with E-state index in [-0.39, 0.29) is 32.0 Å². The fraction of sp³-hybridized carbons (Fsp3) is 0. The molecule has 0 aliphatic rings. The molecule has 0 bridgehead atoms. The summed E-state index contributed by atoms with van der Waals surface area (Å²) in [4.78, 5) is 23.0. The Bertz CT molecular complexity index is 828.